The zero-order chi connectivity index (χ0) is 19.2. The average Bonchev–Trinajstić information content (AvgIpc) is 3.07. The number of nitrogens with one attached hydrogen (secondary N) is 1. The Morgan fingerprint density at radius 1 is 1.37 bits per heavy atom. The Balaban J connectivity index is 1.50. The van der Waals surface area contributed by atoms with Gasteiger partial charge in [0.2, 0.25) is 5.91 Å². The molecule has 27 heavy (non-hydrogen) atoms. The standard InChI is InChI=1S/C19H24N4O3S/c1-13-21-16(12-27-13)11-26-17-4-2-3-14(9-17)19(25)22-15-5-7-23(8-6-15)10-18(20)24/h2-4,9,12,15H,5-8,10-11H2,1H3,(H2,20,24)(H,22,25). The topological polar surface area (TPSA) is 97.6 Å². The summed E-state index contributed by atoms with van der Waals surface area (Å²) in [7, 11) is 0. The van der Waals surface area contributed by atoms with E-state index in [1.165, 1.54) is 0 Å². The number of rotatable bonds is 7. The molecule has 3 rings (SSSR count). The molecule has 1 aliphatic heterocycles. The number of ether oxygens (including phenoxy) is 1. The summed E-state index contributed by atoms with van der Waals surface area (Å²) in [6.45, 7) is 4.12. The van der Waals surface area contributed by atoms with Crippen molar-refractivity contribution in [2.45, 2.75) is 32.4 Å². The molecular weight excluding hydrogens is 364 g/mol. The van der Waals surface area contributed by atoms with Crippen LogP contribution in [0.5, 0.6) is 5.75 Å². The van der Waals surface area contributed by atoms with E-state index in [1.54, 1.807) is 23.5 Å². The van der Waals surface area contributed by atoms with E-state index in [1.807, 2.05) is 29.3 Å². The fourth-order valence-corrected chi connectivity index (χ4v) is 3.68. The molecule has 1 aliphatic rings. The van der Waals surface area contributed by atoms with Crippen LogP contribution in [0.4, 0.5) is 0 Å². The largest absolute Gasteiger partial charge is 0.487 e. The van der Waals surface area contributed by atoms with Crippen LogP contribution in [0.15, 0.2) is 29.6 Å². The fraction of sp³-hybridized carbons (Fsp3) is 0.421. The van der Waals surface area contributed by atoms with Crippen LogP contribution in [0.1, 0.15) is 33.9 Å². The summed E-state index contributed by atoms with van der Waals surface area (Å²) < 4.78 is 5.75. The van der Waals surface area contributed by atoms with Crippen molar-refractivity contribution in [2.75, 3.05) is 19.6 Å². The zero-order valence-electron chi connectivity index (χ0n) is 15.3. The van der Waals surface area contributed by atoms with Gasteiger partial charge in [0, 0.05) is 30.1 Å². The highest BCUT2D eigenvalue weighted by atomic mass is 32.1. The Bertz CT molecular complexity index is 800. The van der Waals surface area contributed by atoms with Crippen molar-refractivity contribution in [3.8, 4) is 5.75 Å². The first-order chi connectivity index (χ1) is 13.0. The number of amides is 2. The van der Waals surface area contributed by atoms with Crippen molar-refractivity contribution < 1.29 is 14.3 Å². The second-order valence-corrected chi connectivity index (χ2v) is 7.73. The molecule has 7 nitrogen and oxygen atoms in total. The summed E-state index contributed by atoms with van der Waals surface area (Å²) in [4.78, 5) is 29.9. The van der Waals surface area contributed by atoms with Crippen LogP contribution in [-0.2, 0) is 11.4 Å². The molecule has 0 atom stereocenters. The van der Waals surface area contributed by atoms with Crippen molar-refractivity contribution in [1.29, 1.82) is 0 Å². The number of piperidine rings is 1. The van der Waals surface area contributed by atoms with Gasteiger partial charge in [-0.25, -0.2) is 4.98 Å². The quantitative estimate of drug-likeness (QED) is 0.753. The summed E-state index contributed by atoms with van der Waals surface area (Å²) in [5.74, 6) is 0.213. The van der Waals surface area contributed by atoms with Crippen LogP contribution in [-0.4, -0.2) is 47.4 Å². The predicted molar refractivity (Wildman–Crippen MR) is 104 cm³/mol. The normalized spacial score (nSPS) is 15.4. The summed E-state index contributed by atoms with van der Waals surface area (Å²) >= 11 is 1.59. The van der Waals surface area contributed by atoms with Crippen LogP contribution >= 0.6 is 11.3 Å². The third-order valence-corrected chi connectivity index (χ3v) is 5.27. The third kappa shape index (κ3) is 5.77. The molecule has 1 saturated heterocycles. The van der Waals surface area contributed by atoms with Gasteiger partial charge in [-0.3, -0.25) is 14.5 Å². The van der Waals surface area contributed by atoms with Gasteiger partial charge >= 0.3 is 0 Å². The summed E-state index contributed by atoms with van der Waals surface area (Å²) in [6.07, 6.45) is 1.61. The smallest absolute Gasteiger partial charge is 0.251 e. The summed E-state index contributed by atoms with van der Waals surface area (Å²) in [5, 5.41) is 6.04. The molecule has 0 saturated carbocycles. The van der Waals surface area contributed by atoms with E-state index >= 15 is 0 Å². The first kappa shape index (κ1) is 19.3. The van der Waals surface area contributed by atoms with Gasteiger partial charge in [-0.2, -0.15) is 0 Å². The molecule has 2 amide bonds. The number of benzene rings is 1. The highest BCUT2D eigenvalue weighted by molar-refractivity contribution is 7.09. The van der Waals surface area contributed by atoms with Gasteiger partial charge in [0.15, 0.2) is 0 Å². The van der Waals surface area contributed by atoms with E-state index in [-0.39, 0.29) is 24.4 Å². The van der Waals surface area contributed by atoms with Crippen LogP contribution < -0.4 is 15.8 Å². The lowest BCUT2D eigenvalue weighted by molar-refractivity contribution is -0.119. The number of primary amides is 1. The van der Waals surface area contributed by atoms with Crippen molar-refractivity contribution in [1.82, 2.24) is 15.2 Å². The average molecular weight is 388 g/mol. The molecule has 2 aromatic rings. The Kier molecular flexibility index (Phi) is 6.41. The highest BCUT2D eigenvalue weighted by Crippen LogP contribution is 2.17. The SMILES string of the molecule is Cc1nc(COc2cccc(C(=O)NC3CCN(CC(N)=O)CC3)c2)cs1. The first-order valence-corrected chi connectivity index (χ1v) is 9.83. The number of aromatic nitrogens is 1. The van der Waals surface area contributed by atoms with E-state index < -0.39 is 0 Å². The molecule has 3 N–H and O–H groups in total. The number of thiazole rings is 1. The fourth-order valence-electron chi connectivity index (χ4n) is 3.08. The molecule has 2 heterocycles. The van der Waals surface area contributed by atoms with Gasteiger partial charge in [0.05, 0.1) is 17.2 Å². The highest BCUT2D eigenvalue weighted by Gasteiger charge is 2.22. The van der Waals surface area contributed by atoms with Crippen LogP contribution in [0, 0.1) is 6.92 Å². The molecule has 0 aliphatic carbocycles. The maximum Gasteiger partial charge on any atom is 0.251 e. The Labute approximate surface area is 162 Å². The van der Waals surface area contributed by atoms with Gasteiger partial charge < -0.3 is 15.8 Å². The molecule has 144 valence electrons. The Hall–Kier alpha value is -2.45. The number of aryl methyl sites for hydroxylation is 1. The van der Waals surface area contributed by atoms with Crippen molar-refractivity contribution in [2.24, 2.45) is 5.73 Å². The molecule has 1 aromatic heterocycles. The molecule has 1 fully saturated rings. The molecule has 0 radical (unpaired) electrons. The van der Waals surface area contributed by atoms with Crippen LogP contribution in [0.25, 0.3) is 0 Å². The van der Waals surface area contributed by atoms with E-state index in [9.17, 15) is 9.59 Å². The lowest BCUT2D eigenvalue weighted by Crippen LogP contribution is -2.46. The van der Waals surface area contributed by atoms with Crippen molar-refractivity contribution >= 4 is 23.2 Å². The van der Waals surface area contributed by atoms with Crippen molar-refractivity contribution in [3.63, 3.8) is 0 Å². The third-order valence-electron chi connectivity index (χ3n) is 4.45. The Morgan fingerprint density at radius 3 is 2.81 bits per heavy atom. The van der Waals surface area contributed by atoms with Gasteiger partial charge in [-0.15, -0.1) is 11.3 Å². The predicted octanol–water partition coefficient (Wildman–Crippen LogP) is 1.71. The molecular formula is C19H24N4O3S. The number of nitrogens with zero attached hydrogens (tertiary/aromatic N) is 2. The van der Waals surface area contributed by atoms with E-state index in [2.05, 4.69) is 10.3 Å². The summed E-state index contributed by atoms with van der Waals surface area (Å²) in [5.41, 5.74) is 6.68. The number of carbonyl (C=O) groups is 2. The minimum absolute atomic E-state index is 0.101. The van der Waals surface area contributed by atoms with Crippen LogP contribution in [0.3, 0.4) is 0 Å². The monoisotopic (exact) mass is 388 g/mol. The first-order valence-electron chi connectivity index (χ1n) is 8.95. The number of hydrogen-bond donors (Lipinski definition) is 2. The molecule has 8 heteroatoms. The summed E-state index contributed by atoms with van der Waals surface area (Å²) in [6, 6.07) is 7.27. The van der Waals surface area contributed by atoms with Gasteiger partial charge in [0.25, 0.3) is 5.91 Å². The lowest BCUT2D eigenvalue weighted by atomic mass is 10.0. The van der Waals surface area contributed by atoms with E-state index in [4.69, 9.17) is 10.5 Å². The maximum absolute atomic E-state index is 12.5. The number of nitrogens with two attached hydrogens (primary N) is 1. The minimum Gasteiger partial charge on any atom is -0.487 e. The minimum atomic E-state index is -0.317. The Morgan fingerprint density at radius 2 is 2.15 bits per heavy atom. The molecule has 1 aromatic carbocycles. The number of likely N-dealkylation sites (tertiary alicyclic amines) is 1. The number of carbonyl (C=O) groups excluding carboxylic acids is 2. The van der Waals surface area contributed by atoms with Gasteiger partial charge in [-0.1, -0.05) is 6.07 Å². The second-order valence-electron chi connectivity index (χ2n) is 6.66. The van der Waals surface area contributed by atoms with E-state index in [0.29, 0.717) is 17.9 Å². The molecule has 0 unspecified atom stereocenters. The van der Waals surface area contributed by atoms with Crippen LogP contribution in [0.2, 0.25) is 0 Å². The molecule has 0 bridgehead atoms. The molecule has 0 spiro atoms. The van der Waals surface area contributed by atoms with Gasteiger partial charge in [-0.05, 0) is 38.0 Å². The van der Waals surface area contributed by atoms with Gasteiger partial charge in [0.1, 0.15) is 12.4 Å². The maximum atomic E-state index is 12.5. The zero-order valence-corrected chi connectivity index (χ0v) is 16.1. The van der Waals surface area contributed by atoms with E-state index in [0.717, 1.165) is 36.6 Å². The van der Waals surface area contributed by atoms with Crippen molar-refractivity contribution in [3.05, 3.63) is 45.9 Å². The number of hydrogen-bond acceptors (Lipinski definition) is 6. The second kappa shape index (κ2) is 8.96. The lowest BCUT2D eigenvalue weighted by Gasteiger charge is -2.31.